The van der Waals surface area contributed by atoms with Crippen molar-refractivity contribution >= 4 is 23.0 Å². The van der Waals surface area contributed by atoms with Crippen molar-refractivity contribution in [3.63, 3.8) is 0 Å². The number of aromatic nitrogens is 4. The Balaban J connectivity index is 1.49. The molecule has 3 heterocycles. The van der Waals surface area contributed by atoms with Crippen molar-refractivity contribution in [3.8, 4) is 11.3 Å². The maximum atomic E-state index is 10.2. The topological polar surface area (TPSA) is 112 Å². The molecule has 3 aromatic rings. The van der Waals surface area contributed by atoms with Crippen LogP contribution in [0.2, 0.25) is 0 Å². The highest BCUT2D eigenvalue weighted by Crippen LogP contribution is 2.34. The fourth-order valence-corrected chi connectivity index (χ4v) is 4.30. The molecule has 0 saturated heterocycles. The molecule has 0 bridgehead atoms. The average molecular weight is 435 g/mol. The van der Waals surface area contributed by atoms with Gasteiger partial charge in [-0.05, 0) is 70.6 Å². The minimum Gasteiger partial charge on any atom is -0.390 e. The summed E-state index contributed by atoms with van der Waals surface area (Å²) >= 11 is 0. The van der Waals surface area contributed by atoms with E-state index in [1.54, 1.807) is 7.05 Å². The lowest BCUT2D eigenvalue weighted by molar-refractivity contribution is 0.0195. The van der Waals surface area contributed by atoms with E-state index in [9.17, 15) is 5.11 Å². The summed E-state index contributed by atoms with van der Waals surface area (Å²) in [6.45, 7) is 3.85. The van der Waals surface area contributed by atoms with E-state index in [-0.39, 0.29) is 6.04 Å². The first kappa shape index (κ1) is 20.8. The first-order valence-electron chi connectivity index (χ1n) is 11.3. The molecule has 0 aliphatic heterocycles. The second-order valence-corrected chi connectivity index (χ2v) is 9.24. The lowest BCUT2D eigenvalue weighted by Gasteiger charge is -2.33. The molecule has 9 heteroatoms. The van der Waals surface area contributed by atoms with E-state index in [0.717, 1.165) is 72.5 Å². The second kappa shape index (κ2) is 8.12. The molecule has 2 saturated carbocycles. The van der Waals surface area contributed by atoms with Crippen LogP contribution in [0.15, 0.2) is 34.6 Å². The Kier molecular flexibility index (Phi) is 5.28. The molecule has 0 aromatic carbocycles. The van der Waals surface area contributed by atoms with Gasteiger partial charge in [0.05, 0.1) is 17.0 Å². The Morgan fingerprint density at radius 1 is 1.06 bits per heavy atom. The maximum absolute atomic E-state index is 10.2. The zero-order valence-corrected chi connectivity index (χ0v) is 18.8. The van der Waals surface area contributed by atoms with Crippen LogP contribution in [0.3, 0.4) is 0 Å². The average Bonchev–Trinajstić information content (AvgIpc) is 3.47. The number of anilines is 2. The first-order chi connectivity index (χ1) is 15.4. The highest BCUT2D eigenvalue weighted by atomic mass is 16.3. The summed E-state index contributed by atoms with van der Waals surface area (Å²) in [6, 6.07) is 6.66. The van der Waals surface area contributed by atoms with Gasteiger partial charge in [-0.1, -0.05) is 0 Å². The molecule has 168 valence electrons. The summed E-state index contributed by atoms with van der Waals surface area (Å²) in [7, 11) is 1.66. The van der Waals surface area contributed by atoms with Crippen LogP contribution in [-0.2, 0) is 0 Å². The van der Waals surface area contributed by atoms with Crippen LogP contribution in [0.25, 0.3) is 16.8 Å². The van der Waals surface area contributed by atoms with Crippen molar-refractivity contribution in [2.24, 2.45) is 10.2 Å². The third-order valence-corrected chi connectivity index (χ3v) is 6.37. The summed E-state index contributed by atoms with van der Waals surface area (Å²) in [5.74, 6) is 1.43. The summed E-state index contributed by atoms with van der Waals surface area (Å²) in [5, 5.41) is 30.0. The van der Waals surface area contributed by atoms with Gasteiger partial charge in [-0.2, -0.15) is 15.2 Å². The molecular weight excluding hydrogens is 404 g/mol. The number of fused-ring (bicyclic) bond motifs is 1. The van der Waals surface area contributed by atoms with E-state index < -0.39 is 5.60 Å². The minimum absolute atomic E-state index is 0.265. The van der Waals surface area contributed by atoms with Gasteiger partial charge in [0.2, 0.25) is 5.95 Å². The normalized spacial score (nSPS) is 23.7. The number of hydrogen-bond acceptors (Lipinski definition) is 8. The van der Waals surface area contributed by atoms with Gasteiger partial charge < -0.3 is 15.7 Å². The monoisotopic (exact) mass is 434 g/mol. The lowest BCUT2D eigenvalue weighted by Crippen LogP contribution is -2.36. The lowest BCUT2D eigenvalue weighted by atomic mass is 9.84. The minimum atomic E-state index is -0.559. The number of rotatable bonds is 6. The highest BCUT2D eigenvalue weighted by Gasteiger charge is 2.30. The van der Waals surface area contributed by atoms with E-state index in [0.29, 0.717) is 12.0 Å². The van der Waals surface area contributed by atoms with Crippen molar-refractivity contribution in [2.75, 3.05) is 17.7 Å². The second-order valence-electron chi connectivity index (χ2n) is 9.24. The van der Waals surface area contributed by atoms with Crippen LogP contribution in [-0.4, -0.2) is 49.4 Å². The highest BCUT2D eigenvalue weighted by molar-refractivity contribution is 5.88. The van der Waals surface area contributed by atoms with Gasteiger partial charge in [-0.3, -0.25) is 4.98 Å². The van der Waals surface area contributed by atoms with E-state index >= 15 is 0 Å². The van der Waals surface area contributed by atoms with Crippen molar-refractivity contribution in [1.82, 2.24) is 19.6 Å². The van der Waals surface area contributed by atoms with Gasteiger partial charge in [0.25, 0.3) is 0 Å². The van der Waals surface area contributed by atoms with Gasteiger partial charge in [0, 0.05) is 30.9 Å². The maximum Gasteiger partial charge on any atom is 0.243 e. The van der Waals surface area contributed by atoms with Crippen LogP contribution in [0.4, 0.5) is 17.5 Å². The number of hydrogen-bond donors (Lipinski definition) is 3. The summed E-state index contributed by atoms with van der Waals surface area (Å²) in [4.78, 5) is 9.62. The van der Waals surface area contributed by atoms with E-state index in [1.807, 2.05) is 42.8 Å². The van der Waals surface area contributed by atoms with E-state index in [4.69, 9.17) is 15.1 Å². The molecule has 2 aliphatic carbocycles. The molecule has 0 atom stereocenters. The molecule has 0 amide bonds. The Morgan fingerprint density at radius 3 is 2.50 bits per heavy atom. The molecule has 3 N–H and O–H groups in total. The zero-order chi connectivity index (χ0) is 22.3. The predicted octanol–water partition coefficient (Wildman–Crippen LogP) is 4.49. The molecule has 0 radical (unpaired) electrons. The Hall–Kier alpha value is -3.07. The molecule has 2 aliphatic rings. The summed E-state index contributed by atoms with van der Waals surface area (Å²) < 4.78 is 1.88. The predicted molar refractivity (Wildman–Crippen MR) is 125 cm³/mol. The summed E-state index contributed by atoms with van der Waals surface area (Å²) in [6.07, 6.45) is 7.64. The Bertz CT molecular complexity index is 1150. The molecule has 32 heavy (non-hydrogen) atoms. The molecule has 0 unspecified atom stereocenters. The van der Waals surface area contributed by atoms with Crippen molar-refractivity contribution in [3.05, 3.63) is 30.1 Å². The summed E-state index contributed by atoms with van der Waals surface area (Å²) in [5.41, 5.74) is 3.80. The number of aryl methyl sites for hydroxylation is 1. The number of nitrogens with one attached hydrogen (secondary N) is 2. The fraction of sp³-hybridized carbons (Fsp3) is 0.522. The number of azo groups is 1. The third kappa shape index (κ3) is 4.29. The Morgan fingerprint density at radius 2 is 1.81 bits per heavy atom. The van der Waals surface area contributed by atoms with Crippen LogP contribution < -0.4 is 10.6 Å². The number of aliphatic hydroxyl groups is 1. The molecule has 9 nitrogen and oxygen atoms in total. The largest absolute Gasteiger partial charge is 0.390 e. The number of nitrogens with zero attached hydrogens (tertiary/aromatic N) is 6. The fourth-order valence-electron chi connectivity index (χ4n) is 4.30. The SMILES string of the molecule is CN=Nc1ccc(-c2ccn3nc(NC4CCC(C)(O)CC4)nc(NC4CC4)c23)nc1C. The smallest absolute Gasteiger partial charge is 0.243 e. The molecule has 2 fully saturated rings. The quantitative estimate of drug-likeness (QED) is 0.493. The molecule has 0 spiro atoms. The standard InChI is InChI=1S/C23H30N8O/c1-14-18(29-24-3)6-7-19(25-14)17-10-13-31-20(17)21(26-15-4-5-15)28-22(30-31)27-16-8-11-23(2,32)12-9-16/h6-7,10,13,15-16,32H,4-5,8-9,11-12H2,1-3H3,(H2,26,27,28,30). The van der Waals surface area contributed by atoms with Gasteiger partial charge >= 0.3 is 0 Å². The molecule has 5 rings (SSSR count). The van der Waals surface area contributed by atoms with Crippen molar-refractivity contribution in [2.45, 2.75) is 70.1 Å². The van der Waals surface area contributed by atoms with Crippen LogP contribution in [0, 0.1) is 6.92 Å². The first-order valence-corrected chi connectivity index (χ1v) is 11.3. The van der Waals surface area contributed by atoms with E-state index in [2.05, 4.69) is 20.9 Å². The Labute approximate surface area is 187 Å². The molecule has 3 aromatic heterocycles. The van der Waals surface area contributed by atoms with Crippen LogP contribution >= 0.6 is 0 Å². The third-order valence-electron chi connectivity index (χ3n) is 6.37. The van der Waals surface area contributed by atoms with Crippen molar-refractivity contribution < 1.29 is 5.11 Å². The van der Waals surface area contributed by atoms with Crippen LogP contribution in [0.1, 0.15) is 51.1 Å². The van der Waals surface area contributed by atoms with Gasteiger partial charge in [0.1, 0.15) is 11.2 Å². The van der Waals surface area contributed by atoms with Crippen LogP contribution in [0.5, 0.6) is 0 Å². The van der Waals surface area contributed by atoms with Gasteiger partial charge in [-0.15, -0.1) is 5.10 Å². The zero-order valence-electron chi connectivity index (χ0n) is 18.8. The molecular formula is C23H30N8O. The van der Waals surface area contributed by atoms with Gasteiger partial charge in [0.15, 0.2) is 5.82 Å². The number of pyridine rings is 1. The van der Waals surface area contributed by atoms with E-state index in [1.165, 1.54) is 0 Å². The van der Waals surface area contributed by atoms with Crippen molar-refractivity contribution in [1.29, 1.82) is 0 Å². The van der Waals surface area contributed by atoms with Gasteiger partial charge in [-0.25, -0.2) is 4.52 Å².